The largest absolute Gasteiger partial charge is 0.457 e. The number of nitrogens with one attached hydrogen (secondary N) is 1. The SMILES string of the molecule is Cc1oc(-c2ccno2)cc1S(=O)(=O)NCc1ccccn1. The van der Waals surface area contributed by atoms with Crippen LogP contribution in [0.5, 0.6) is 0 Å². The van der Waals surface area contributed by atoms with Gasteiger partial charge in [0.25, 0.3) is 0 Å². The summed E-state index contributed by atoms with van der Waals surface area (Å²) in [5.74, 6) is 0.961. The average molecular weight is 319 g/mol. The molecule has 0 spiro atoms. The molecule has 3 heterocycles. The summed E-state index contributed by atoms with van der Waals surface area (Å²) in [6.07, 6.45) is 3.06. The molecule has 8 heteroatoms. The summed E-state index contributed by atoms with van der Waals surface area (Å²) in [5, 5.41) is 3.57. The lowest BCUT2D eigenvalue weighted by molar-refractivity contribution is 0.414. The second-order valence-electron chi connectivity index (χ2n) is 4.55. The maximum atomic E-state index is 12.4. The van der Waals surface area contributed by atoms with Crippen molar-refractivity contribution in [3.63, 3.8) is 0 Å². The molecule has 22 heavy (non-hydrogen) atoms. The van der Waals surface area contributed by atoms with E-state index in [2.05, 4.69) is 14.9 Å². The summed E-state index contributed by atoms with van der Waals surface area (Å²) in [7, 11) is -3.71. The molecule has 0 bridgehead atoms. The van der Waals surface area contributed by atoms with Gasteiger partial charge in [0.15, 0.2) is 5.76 Å². The summed E-state index contributed by atoms with van der Waals surface area (Å²) in [6, 6.07) is 8.31. The van der Waals surface area contributed by atoms with Crippen molar-refractivity contribution in [1.29, 1.82) is 0 Å². The first-order valence-corrected chi connectivity index (χ1v) is 7.95. The zero-order chi connectivity index (χ0) is 15.6. The number of sulfonamides is 1. The van der Waals surface area contributed by atoms with Crippen molar-refractivity contribution in [1.82, 2.24) is 14.9 Å². The predicted octanol–water partition coefficient (Wildman–Crippen LogP) is 2.12. The second kappa shape index (κ2) is 5.74. The van der Waals surface area contributed by atoms with Gasteiger partial charge < -0.3 is 8.94 Å². The number of pyridine rings is 1. The van der Waals surface area contributed by atoms with Crippen LogP contribution in [0, 0.1) is 6.92 Å². The highest BCUT2D eigenvalue weighted by Crippen LogP contribution is 2.27. The molecule has 0 saturated heterocycles. The van der Waals surface area contributed by atoms with Gasteiger partial charge in [-0.2, -0.15) is 0 Å². The van der Waals surface area contributed by atoms with Gasteiger partial charge in [0, 0.05) is 18.3 Å². The highest BCUT2D eigenvalue weighted by Gasteiger charge is 2.23. The van der Waals surface area contributed by atoms with Crippen molar-refractivity contribution in [2.45, 2.75) is 18.4 Å². The molecule has 1 N–H and O–H groups in total. The van der Waals surface area contributed by atoms with Crippen LogP contribution in [0.15, 0.2) is 56.6 Å². The molecule has 0 unspecified atom stereocenters. The Balaban J connectivity index is 1.83. The molecule has 0 fully saturated rings. The summed E-state index contributed by atoms with van der Waals surface area (Å²) in [5.41, 5.74) is 0.627. The lowest BCUT2D eigenvalue weighted by atomic mass is 10.3. The molecular formula is C14H13N3O4S. The Morgan fingerprint density at radius 3 is 2.73 bits per heavy atom. The Bertz CT molecular complexity index is 855. The fourth-order valence-corrected chi connectivity index (χ4v) is 3.12. The van der Waals surface area contributed by atoms with Crippen LogP contribution in [0.2, 0.25) is 0 Å². The first kappa shape index (κ1) is 14.5. The highest BCUT2D eigenvalue weighted by molar-refractivity contribution is 7.89. The summed E-state index contributed by atoms with van der Waals surface area (Å²) >= 11 is 0. The van der Waals surface area contributed by atoms with E-state index in [4.69, 9.17) is 8.94 Å². The topological polar surface area (TPSA) is 98.2 Å². The Kier molecular flexibility index (Phi) is 3.78. The minimum atomic E-state index is -3.71. The fraction of sp³-hybridized carbons (Fsp3) is 0.143. The summed E-state index contributed by atoms with van der Waals surface area (Å²) in [4.78, 5) is 4.13. The number of aromatic nitrogens is 2. The average Bonchev–Trinajstić information content (AvgIpc) is 3.15. The van der Waals surface area contributed by atoms with Gasteiger partial charge in [-0.15, -0.1) is 0 Å². The maximum absolute atomic E-state index is 12.4. The van der Waals surface area contributed by atoms with Crippen LogP contribution in [0.25, 0.3) is 11.5 Å². The first-order valence-electron chi connectivity index (χ1n) is 6.47. The number of aryl methyl sites for hydroxylation is 1. The molecule has 114 valence electrons. The van der Waals surface area contributed by atoms with Crippen molar-refractivity contribution in [2.24, 2.45) is 0 Å². The van der Waals surface area contributed by atoms with Gasteiger partial charge in [-0.25, -0.2) is 13.1 Å². The lowest BCUT2D eigenvalue weighted by Gasteiger charge is -2.04. The van der Waals surface area contributed by atoms with Gasteiger partial charge in [0.05, 0.1) is 18.4 Å². The third kappa shape index (κ3) is 2.92. The fourth-order valence-electron chi connectivity index (χ4n) is 1.95. The highest BCUT2D eigenvalue weighted by atomic mass is 32.2. The van der Waals surface area contributed by atoms with E-state index in [0.29, 0.717) is 17.2 Å². The minimum Gasteiger partial charge on any atom is -0.457 e. The molecule has 0 aliphatic rings. The zero-order valence-electron chi connectivity index (χ0n) is 11.7. The number of nitrogens with zero attached hydrogens (tertiary/aromatic N) is 2. The quantitative estimate of drug-likeness (QED) is 0.773. The molecule has 0 atom stereocenters. The van der Waals surface area contributed by atoms with Crippen LogP contribution in [-0.4, -0.2) is 18.6 Å². The van der Waals surface area contributed by atoms with Crippen LogP contribution in [0.1, 0.15) is 11.5 Å². The van der Waals surface area contributed by atoms with Gasteiger partial charge in [-0.1, -0.05) is 11.2 Å². The summed E-state index contributed by atoms with van der Waals surface area (Å²) < 4.78 is 37.6. The Morgan fingerprint density at radius 1 is 1.18 bits per heavy atom. The van der Waals surface area contributed by atoms with E-state index in [1.54, 1.807) is 37.4 Å². The van der Waals surface area contributed by atoms with Crippen LogP contribution in [-0.2, 0) is 16.6 Å². The maximum Gasteiger partial charge on any atom is 0.244 e. The first-order chi connectivity index (χ1) is 10.6. The number of furan rings is 1. The lowest BCUT2D eigenvalue weighted by Crippen LogP contribution is -2.23. The van der Waals surface area contributed by atoms with Gasteiger partial charge in [0.1, 0.15) is 10.7 Å². The molecule has 3 aromatic rings. The molecule has 0 aliphatic carbocycles. The van der Waals surface area contributed by atoms with Crippen LogP contribution < -0.4 is 4.72 Å². The normalized spacial score (nSPS) is 11.7. The minimum absolute atomic E-state index is 0.0647. The number of hydrogen-bond donors (Lipinski definition) is 1. The van der Waals surface area contributed by atoms with E-state index in [-0.39, 0.29) is 17.2 Å². The molecule has 3 aromatic heterocycles. The molecule has 7 nitrogen and oxygen atoms in total. The third-order valence-electron chi connectivity index (χ3n) is 3.01. The van der Waals surface area contributed by atoms with Gasteiger partial charge >= 0.3 is 0 Å². The van der Waals surface area contributed by atoms with Crippen LogP contribution >= 0.6 is 0 Å². The predicted molar refractivity (Wildman–Crippen MR) is 77.2 cm³/mol. The van der Waals surface area contributed by atoms with Crippen molar-refractivity contribution in [3.8, 4) is 11.5 Å². The number of hydrogen-bond acceptors (Lipinski definition) is 6. The van der Waals surface area contributed by atoms with E-state index >= 15 is 0 Å². The smallest absolute Gasteiger partial charge is 0.244 e. The van der Waals surface area contributed by atoms with E-state index in [1.165, 1.54) is 12.3 Å². The monoisotopic (exact) mass is 319 g/mol. The molecular weight excluding hydrogens is 306 g/mol. The van der Waals surface area contributed by atoms with Crippen molar-refractivity contribution >= 4 is 10.0 Å². The Hall–Kier alpha value is -2.45. The molecule has 0 aromatic carbocycles. The zero-order valence-corrected chi connectivity index (χ0v) is 12.5. The van der Waals surface area contributed by atoms with Gasteiger partial charge in [0.2, 0.25) is 15.8 Å². The summed E-state index contributed by atoms with van der Waals surface area (Å²) in [6.45, 7) is 1.68. The third-order valence-corrected chi connectivity index (χ3v) is 4.52. The Morgan fingerprint density at radius 2 is 2.05 bits per heavy atom. The van der Waals surface area contributed by atoms with Gasteiger partial charge in [-0.05, 0) is 19.1 Å². The second-order valence-corrected chi connectivity index (χ2v) is 6.29. The van der Waals surface area contributed by atoms with Crippen molar-refractivity contribution in [2.75, 3.05) is 0 Å². The van der Waals surface area contributed by atoms with Crippen molar-refractivity contribution in [3.05, 3.63) is 54.2 Å². The van der Waals surface area contributed by atoms with E-state index in [9.17, 15) is 8.42 Å². The van der Waals surface area contributed by atoms with E-state index < -0.39 is 10.0 Å². The Labute approximate surface area is 127 Å². The van der Waals surface area contributed by atoms with Gasteiger partial charge in [-0.3, -0.25) is 4.98 Å². The molecule has 3 rings (SSSR count). The molecule has 0 radical (unpaired) electrons. The molecule has 0 amide bonds. The van der Waals surface area contributed by atoms with Crippen LogP contribution in [0.3, 0.4) is 0 Å². The van der Waals surface area contributed by atoms with Crippen LogP contribution in [0.4, 0.5) is 0 Å². The van der Waals surface area contributed by atoms with E-state index in [0.717, 1.165) is 0 Å². The molecule has 0 aliphatic heterocycles. The molecule has 0 saturated carbocycles. The van der Waals surface area contributed by atoms with Crippen molar-refractivity contribution < 1.29 is 17.4 Å². The number of rotatable bonds is 5. The van der Waals surface area contributed by atoms with E-state index in [1.807, 2.05) is 0 Å². The standard InChI is InChI=1S/C14H13N3O4S/c1-10-14(8-13(20-10)12-5-7-16-21-12)22(18,19)17-9-11-4-2-3-6-15-11/h2-8,17H,9H2,1H3.